The first kappa shape index (κ1) is 12.7. The molecule has 1 amide bonds. The number of anilines is 1. The summed E-state index contributed by atoms with van der Waals surface area (Å²) in [4.78, 5) is 13.1. The maximum Gasteiger partial charge on any atom is 0.270 e. The van der Waals surface area contributed by atoms with Crippen molar-refractivity contribution in [3.8, 4) is 11.8 Å². The Morgan fingerprint density at radius 2 is 2.16 bits per heavy atom. The highest BCUT2D eigenvalue weighted by Crippen LogP contribution is 2.05. The Hall–Kier alpha value is -2.72. The molecule has 19 heavy (non-hydrogen) atoms. The molecule has 0 unspecified atom stereocenters. The van der Waals surface area contributed by atoms with Crippen LogP contribution in [0.1, 0.15) is 15.9 Å². The minimum Gasteiger partial charge on any atom is -0.384 e. The van der Waals surface area contributed by atoms with Gasteiger partial charge in [0.25, 0.3) is 11.9 Å². The van der Waals surface area contributed by atoms with Crippen molar-refractivity contribution in [1.82, 2.24) is 20.2 Å². The lowest BCUT2D eigenvalue weighted by molar-refractivity contribution is 0.102. The zero-order chi connectivity index (χ0) is 13.7. The molecule has 2 aromatic rings. The molecule has 0 aliphatic carbocycles. The summed E-state index contributed by atoms with van der Waals surface area (Å²) in [7, 11) is 1.61. The van der Waals surface area contributed by atoms with E-state index < -0.39 is 0 Å². The summed E-state index contributed by atoms with van der Waals surface area (Å²) in [6.45, 7) is -0.194. The summed E-state index contributed by atoms with van der Waals surface area (Å²) < 4.78 is 0. The molecule has 1 aromatic heterocycles. The lowest BCUT2D eigenvalue weighted by Gasteiger charge is -2.00. The van der Waals surface area contributed by atoms with Gasteiger partial charge in [-0.3, -0.25) is 10.1 Å². The standard InChI is InChI=1S/C12H11N5O2/c1-17-15-12(14-16-17)13-11(19)10-6-4-9(5-7-10)3-2-8-18/h4-7,18H,8H2,1H3,(H,13,15,19). The molecule has 1 heterocycles. The fraction of sp³-hybridized carbons (Fsp3) is 0.167. The van der Waals surface area contributed by atoms with Gasteiger partial charge in [-0.1, -0.05) is 16.9 Å². The van der Waals surface area contributed by atoms with E-state index in [0.29, 0.717) is 5.56 Å². The monoisotopic (exact) mass is 257 g/mol. The summed E-state index contributed by atoms with van der Waals surface area (Å²) in [6.07, 6.45) is 0. The molecule has 0 saturated carbocycles. The summed E-state index contributed by atoms with van der Waals surface area (Å²) >= 11 is 0. The van der Waals surface area contributed by atoms with Crippen molar-refractivity contribution in [3.63, 3.8) is 0 Å². The van der Waals surface area contributed by atoms with Crippen molar-refractivity contribution in [1.29, 1.82) is 0 Å². The third kappa shape index (κ3) is 3.37. The molecule has 7 heteroatoms. The molecule has 2 rings (SSSR count). The summed E-state index contributed by atoms with van der Waals surface area (Å²) in [5, 5.41) is 22.2. The van der Waals surface area contributed by atoms with Crippen LogP contribution in [-0.2, 0) is 7.05 Å². The molecule has 0 bridgehead atoms. The van der Waals surface area contributed by atoms with Gasteiger partial charge in [-0.25, -0.2) is 0 Å². The van der Waals surface area contributed by atoms with Crippen LogP contribution in [0.4, 0.5) is 5.95 Å². The van der Waals surface area contributed by atoms with E-state index in [-0.39, 0.29) is 18.5 Å². The Morgan fingerprint density at radius 3 is 2.74 bits per heavy atom. The topological polar surface area (TPSA) is 92.9 Å². The third-order valence-electron chi connectivity index (χ3n) is 2.19. The van der Waals surface area contributed by atoms with E-state index >= 15 is 0 Å². The normalized spacial score (nSPS) is 9.58. The molecular formula is C12H11N5O2. The van der Waals surface area contributed by atoms with E-state index in [9.17, 15) is 4.79 Å². The number of aryl methyl sites for hydroxylation is 1. The minimum absolute atomic E-state index is 0.150. The molecule has 0 radical (unpaired) electrons. The number of nitrogens with one attached hydrogen (secondary N) is 1. The number of hydrogen-bond acceptors (Lipinski definition) is 5. The summed E-state index contributed by atoms with van der Waals surface area (Å²) in [5.74, 6) is 5.10. The van der Waals surface area contributed by atoms with Crippen molar-refractivity contribution in [2.75, 3.05) is 11.9 Å². The van der Waals surface area contributed by atoms with Crippen LogP contribution < -0.4 is 5.32 Å². The molecule has 7 nitrogen and oxygen atoms in total. The second-order valence-electron chi connectivity index (χ2n) is 3.59. The number of nitrogens with zero attached hydrogens (tertiary/aromatic N) is 4. The molecule has 0 aliphatic heterocycles. The number of carbonyl (C=O) groups excluding carboxylic acids is 1. The van der Waals surface area contributed by atoms with E-state index in [1.54, 1.807) is 31.3 Å². The predicted molar refractivity (Wildman–Crippen MR) is 67.2 cm³/mol. The van der Waals surface area contributed by atoms with Gasteiger partial charge in [0.2, 0.25) is 0 Å². The quantitative estimate of drug-likeness (QED) is 0.727. The third-order valence-corrected chi connectivity index (χ3v) is 2.19. The molecule has 0 aliphatic rings. The van der Waals surface area contributed by atoms with Crippen LogP contribution in [0.2, 0.25) is 0 Å². The van der Waals surface area contributed by atoms with Gasteiger partial charge in [-0.15, -0.1) is 5.10 Å². The van der Waals surface area contributed by atoms with E-state index in [0.717, 1.165) is 5.56 Å². The van der Waals surface area contributed by atoms with Gasteiger partial charge in [0.05, 0.1) is 7.05 Å². The van der Waals surface area contributed by atoms with Crippen LogP contribution in [0.3, 0.4) is 0 Å². The SMILES string of the molecule is Cn1nnc(NC(=O)c2ccc(C#CCO)cc2)n1. The number of aromatic nitrogens is 4. The molecule has 96 valence electrons. The van der Waals surface area contributed by atoms with E-state index in [1.165, 1.54) is 4.80 Å². The van der Waals surface area contributed by atoms with Gasteiger partial charge in [-0.2, -0.15) is 4.80 Å². The fourth-order valence-corrected chi connectivity index (χ4v) is 1.35. The van der Waals surface area contributed by atoms with Gasteiger partial charge in [0.1, 0.15) is 6.61 Å². The molecule has 0 atom stereocenters. The first-order valence-corrected chi connectivity index (χ1v) is 5.44. The van der Waals surface area contributed by atoms with Gasteiger partial charge in [0, 0.05) is 11.1 Å². The lowest BCUT2D eigenvalue weighted by atomic mass is 10.1. The predicted octanol–water partition coefficient (Wildman–Crippen LogP) is -0.194. The summed E-state index contributed by atoms with van der Waals surface area (Å²) in [5.41, 5.74) is 1.19. The first-order chi connectivity index (χ1) is 9.19. The Bertz CT molecular complexity index is 636. The smallest absolute Gasteiger partial charge is 0.270 e. The molecule has 2 N–H and O–H groups in total. The Labute approximate surface area is 109 Å². The zero-order valence-electron chi connectivity index (χ0n) is 10.2. The average Bonchev–Trinajstić information content (AvgIpc) is 2.82. The number of benzene rings is 1. The average molecular weight is 257 g/mol. The molecule has 0 fully saturated rings. The van der Waals surface area contributed by atoms with Gasteiger partial charge in [0.15, 0.2) is 0 Å². The second-order valence-corrected chi connectivity index (χ2v) is 3.59. The largest absolute Gasteiger partial charge is 0.384 e. The summed E-state index contributed by atoms with van der Waals surface area (Å²) in [6, 6.07) is 6.66. The number of carbonyl (C=O) groups is 1. The van der Waals surface area contributed by atoms with Crippen LogP contribution in [0.25, 0.3) is 0 Å². The molecule has 0 saturated heterocycles. The first-order valence-electron chi connectivity index (χ1n) is 5.44. The van der Waals surface area contributed by atoms with E-state index in [4.69, 9.17) is 5.11 Å². The van der Waals surface area contributed by atoms with Gasteiger partial charge < -0.3 is 5.11 Å². The van der Waals surface area contributed by atoms with Crippen LogP contribution >= 0.6 is 0 Å². The van der Waals surface area contributed by atoms with Crippen molar-refractivity contribution in [2.24, 2.45) is 7.05 Å². The van der Waals surface area contributed by atoms with Crippen molar-refractivity contribution in [2.45, 2.75) is 0 Å². The maximum absolute atomic E-state index is 11.8. The number of hydrogen-bond donors (Lipinski definition) is 2. The minimum atomic E-state index is -0.324. The molecular weight excluding hydrogens is 246 g/mol. The van der Waals surface area contributed by atoms with Crippen LogP contribution in [0, 0.1) is 11.8 Å². The Morgan fingerprint density at radius 1 is 1.42 bits per heavy atom. The fourth-order valence-electron chi connectivity index (χ4n) is 1.35. The Kier molecular flexibility index (Phi) is 3.85. The highest BCUT2D eigenvalue weighted by atomic mass is 16.2. The van der Waals surface area contributed by atoms with Crippen molar-refractivity contribution < 1.29 is 9.90 Å². The highest BCUT2D eigenvalue weighted by molar-refractivity contribution is 6.03. The van der Waals surface area contributed by atoms with E-state index in [1.807, 2.05) is 0 Å². The number of aliphatic hydroxyl groups is 1. The van der Waals surface area contributed by atoms with Gasteiger partial charge in [-0.05, 0) is 29.5 Å². The molecule has 1 aromatic carbocycles. The number of rotatable bonds is 2. The van der Waals surface area contributed by atoms with E-state index in [2.05, 4.69) is 32.6 Å². The van der Waals surface area contributed by atoms with Crippen LogP contribution in [0.5, 0.6) is 0 Å². The van der Waals surface area contributed by atoms with Crippen LogP contribution in [0.15, 0.2) is 24.3 Å². The lowest BCUT2D eigenvalue weighted by Crippen LogP contribution is -2.13. The number of tetrazole rings is 1. The number of aliphatic hydroxyl groups excluding tert-OH is 1. The van der Waals surface area contributed by atoms with Crippen molar-refractivity contribution >= 4 is 11.9 Å². The Balaban J connectivity index is 2.07. The number of amides is 1. The second kappa shape index (κ2) is 5.75. The van der Waals surface area contributed by atoms with Gasteiger partial charge >= 0.3 is 0 Å². The maximum atomic E-state index is 11.8. The highest BCUT2D eigenvalue weighted by Gasteiger charge is 2.08. The molecule has 0 spiro atoms. The van der Waals surface area contributed by atoms with Crippen LogP contribution in [-0.4, -0.2) is 37.8 Å². The zero-order valence-corrected chi connectivity index (χ0v) is 10.2. The van der Waals surface area contributed by atoms with Crippen molar-refractivity contribution in [3.05, 3.63) is 35.4 Å².